The van der Waals surface area contributed by atoms with E-state index in [1.165, 1.54) is 6.42 Å². The van der Waals surface area contributed by atoms with E-state index in [1.54, 1.807) is 13.3 Å². The van der Waals surface area contributed by atoms with Crippen LogP contribution in [0.4, 0.5) is 0 Å². The minimum absolute atomic E-state index is 0.409. The first-order valence-electron chi connectivity index (χ1n) is 8.08. The summed E-state index contributed by atoms with van der Waals surface area (Å²) in [5.74, 6) is 2.21. The highest BCUT2D eigenvalue weighted by Gasteiger charge is 2.06. The van der Waals surface area contributed by atoms with Crippen LogP contribution in [0.5, 0.6) is 5.88 Å². The van der Waals surface area contributed by atoms with E-state index in [-0.39, 0.29) is 0 Å². The highest BCUT2D eigenvalue weighted by atomic mass is 16.5. The van der Waals surface area contributed by atoms with E-state index in [1.807, 2.05) is 12.1 Å². The molecule has 0 aliphatic rings. The lowest BCUT2D eigenvalue weighted by atomic mass is 10.0. The van der Waals surface area contributed by atoms with Gasteiger partial charge in [0.15, 0.2) is 5.96 Å². The fourth-order valence-corrected chi connectivity index (χ4v) is 2.04. The van der Waals surface area contributed by atoms with Crippen LogP contribution < -0.4 is 15.4 Å². The maximum atomic E-state index is 5.14. The van der Waals surface area contributed by atoms with Crippen LogP contribution in [0.1, 0.15) is 46.1 Å². The molecule has 2 N–H and O–H groups in total. The van der Waals surface area contributed by atoms with Crippen molar-refractivity contribution < 1.29 is 4.74 Å². The van der Waals surface area contributed by atoms with E-state index < -0.39 is 0 Å². The molecule has 5 nitrogen and oxygen atoms in total. The van der Waals surface area contributed by atoms with Crippen molar-refractivity contribution in [2.45, 2.75) is 53.1 Å². The number of guanidine groups is 1. The lowest BCUT2D eigenvalue weighted by Gasteiger charge is -2.18. The SMILES string of the molecule is CCNC(=NCc1ccnc(OC)c1)NC(C)CCC(C)C. The number of pyridine rings is 1. The summed E-state index contributed by atoms with van der Waals surface area (Å²) in [6, 6.07) is 4.28. The molecule has 0 aliphatic heterocycles. The molecule has 0 aliphatic carbocycles. The molecule has 1 unspecified atom stereocenters. The molecule has 1 aromatic rings. The van der Waals surface area contributed by atoms with Gasteiger partial charge < -0.3 is 15.4 Å². The third kappa shape index (κ3) is 7.29. The van der Waals surface area contributed by atoms with Gasteiger partial charge in [0.25, 0.3) is 0 Å². The zero-order chi connectivity index (χ0) is 16.4. The summed E-state index contributed by atoms with van der Waals surface area (Å²) in [7, 11) is 1.62. The number of ether oxygens (including phenoxy) is 1. The Balaban J connectivity index is 2.60. The largest absolute Gasteiger partial charge is 0.481 e. The van der Waals surface area contributed by atoms with Gasteiger partial charge in [0, 0.05) is 24.8 Å². The van der Waals surface area contributed by atoms with Crippen LogP contribution in [-0.2, 0) is 6.54 Å². The molecule has 0 amide bonds. The van der Waals surface area contributed by atoms with Crippen molar-refractivity contribution >= 4 is 5.96 Å². The second kappa shape index (κ2) is 10.0. The molecule has 5 heteroatoms. The molecule has 0 radical (unpaired) electrons. The fourth-order valence-electron chi connectivity index (χ4n) is 2.04. The van der Waals surface area contributed by atoms with Crippen LogP contribution in [0.2, 0.25) is 0 Å². The van der Waals surface area contributed by atoms with Crippen LogP contribution >= 0.6 is 0 Å². The summed E-state index contributed by atoms with van der Waals surface area (Å²) in [5.41, 5.74) is 1.08. The standard InChI is InChI=1S/C17H30N4O/c1-6-18-17(21-14(4)8-7-13(2)3)20-12-15-9-10-19-16(11-15)22-5/h9-11,13-14H,6-8,12H2,1-5H3,(H2,18,20,21). The Hall–Kier alpha value is -1.78. The molecule has 22 heavy (non-hydrogen) atoms. The molecule has 0 bridgehead atoms. The van der Waals surface area contributed by atoms with E-state index in [0.29, 0.717) is 18.5 Å². The minimum atomic E-state index is 0.409. The highest BCUT2D eigenvalue weighted by Crippen LogP contribution is 2.10. The van der Waals surface area contributed by atoms with Gasteiger partial charge in [-0.15, -0.1) is 0 Å². The van der Waals surface area contributed by atoms with Crippen molar-refractivity contribution in [1.82, 2.24) is 15.6 Å². The van der Waals surface area contributed by atoms with Crippen LogP contribution in [0, 0.1) is 5.92 Å². The molecule has 124 valence electrons. The number of methoxy groups -OCH3 is 1. The van der Waals surface area contributed by atoms with Crippen LogP contribution in [0.25, 0.3) is 0 Å². The molecule has 1 aromatic heterocycles. The Morgan fingerprint density at radius 3 is 2.73 bits per heavy atom. The van der Waals surface area contributed by atoms with Crippen molar-refractivity contribution in [1.29, 1.82) is 0 Å². The summed E-state index contributed by atoms with van der Waals surface area (Å²) >= 11 is 0. The van der Waals surface area contributed by atoms with Gasteiger partial charge in [-0.3, -0.25) is 0 Å². The summed E-state index contributed by atoms with van der Waals surface area (Å²) in [5, 5.41) is 6.76. The third-order valence-electron chi connectivity index (χ3n) is 3.33. The Bertz CT molecular complexity index is 460. The molecule has 1 rings (SSSR count). The lowest BCUT2D eigenvalue weighted by molar-refractivity contribution is 0.397. The monoisotopic (exact) mass is 306 g/mol. The van der Waals surface area contributed by atoms with Gasteiger partial charge >= 0.3 is 0 Å². The third-order valence-corrected chi connectivity index (χ3v) is 3.33. The molecule has 1 heterocycles. The molecule has 0 spiro atoms. The first kappa shape index (κ1) is 18.3. The van der Waals surface area contributed by atoms with Crippen molar-refractivity contribution in [3.63, 3.8) is 0 Å². The summed E-state index contributed by atoms with van der Waals surface area (Å²) in [6.07, 6.45) is 4.11. The summed E-state index contributed by atoms with van der Waals surface area (Å²) in [6.45, 7) is 10.2. The van der Waals surface area contributed by atoms with Crippen molar-refractivity contribution in [3.8, 4) is 5.88 Å². The number of aromatic nitrogens is 1. The molecular weight excluding hydrogens is 276 g/mol. The van der Waals surface area contributed by atoms with E-state index >= 15 is 0 Å². The molecular formula is C17H30N4O. The maximum Gasteiger partial charge on any atom is 0.213 e. The highest BCUT2D eigenvalue weighted by molar-refractivity contribution is 5.80. The van der Waals surface area contributed by atoms with Crippen LogP contribution in [0.15, 0.2) is 23.3 Å². The lowest BCUT2D eigenvalue weighted by Crippen LogP contribution is -2.42. The molecule has 0 saturated carbocycles. The van der Waals surface area contributed by atoms with Gasteiger partial charge in [0.05, 0.1) is 13.7 Å². The first-order chi connectivity index (χ1) is 10.5. The summed E-state index contributed by atoms with van der Waals surface area (Å²) in [4.78, 5) is 8.75. The number of hydrogen-bond acceptors (Lipinski definition) is 3. The van der Waals surface area contributed by atoms with Gasteiger partial charge in [0.1, 0.15) is 0 Å². The summed E-state index contributed by atoms with van der Waals surface area (Å²) < 4.78 is 5.14. The quantitative estimate of drug-likeness (QED) is 0.572. The minimum Gasteiger partial charge on any atom is -0.481 e. The smallest absolute Gasteiger partial charge is 0.213 e. The molecule has 0 aromatic carbocycles. The Morgan fingerprint density at radius 2 is 2.09 bits per heavy atom. The number of nitrogens with one attached hydrogen (secondary N) is 2. The van der Waals surface area contributed by atoms with E-state index in [4.69, 9.17) is 4.74 Å². The predicted octanol–water partition coefficient (Wildman–Crippen LogP) is 2.97. The van der Waals surface area contributed by atoms with Crippen molar-refractivity contribution in [2.75, 3.05) is 13.7 Å². The number of rotatable bonds is 8. The average Bonchev–Trinajstić information content (AvgIpc) is 2.51. The topological polar surface area (TPSA) is 58.5 Å². The fraction of sp³-hybridized carbons (Fsp3) is 0.647. The normalized spacial score (nSPS) is 13.1. The number of aliphatic imine (C=N–C) groups is 1. The average molecular weight is 306 g/mol. The second-order valence-corrected chi connectivity index (χ2v) is 5.92. The van der Waals surface area contributed by atoms with Crippen molar-refractivity contribution in [3.05, 3.63) is 23.9 Å². The van der Waals surface area contributed by atoms with E-state index in [0.717, 1.165) is 30.4 Å². The maximum absolute atomic E-state index is 5.14. The van der Waals surface area contributed by atoms with Gasteiger partial charge in [-0.25, -0.2) is 9.98 Å². The van der Waals surface area contributed by atoms with E-state index in [2.05, 4.69) is 48.3 Å². The Labute approximate surface area is 134 Å². The molecule has 1 atom stereocenters. The molecule has 0 fully saturated rings. The molecule has 0 saturated heterocycles. The van der Waals surface area contributed by atoms with Gasteiger partial charge in [-0.2, -0.15) is 0 Å². The van der Waals surface area contributed by atoms with Gasteiger partial charge in [-0.1, -0.05) is 13.8 Å². The zero-order valence-electron chi connectivity index (χ0n) is 14.5. The van der Waals surface area contributed by atoms with Gasteiger partial charge in [0.2, 0.25) is 5.88 Å². The number of hydrogen-bond donors (Lipinski definition) is 2. The second-order valence-electron chi connectivity index (χ2n) is 5.92. The van der Waals surface area contributed by atoms with Crippen LogP contribution in [-0.4, -0.2) is 30.6 Å². The Kier molecular flexibility index (Phi) is 8.33. The first-order valence-corrected chi connectivity index (χ1v) is 8.08. The van der Waals surface area contributed by atoms with Crippen LogP contribution in [0.3, 0.4) is 0 Å². The van der Waals surface area contributed by atoms with Gasteiger partial charge in [-0.05, 0) is 44.2 Å². The van der Waals surface area contributed by atoms with Crippen molar-refractivity contribution in [2.24, 2.45) is 10.9 Å². The number of nitrogens with zero attached hydrogens (tertiary/aromatic N) is 2. The van der Waals surface area contributed by atoms with E-state index in [9.17, 15) is 0 Å². The zero-order valence-corrected chi connectivity index (χ0v) is 14.5. The predicted molar refractivity (Wildman–Crippen MR) is 92.3 cm³/mol. The Morgan fingerprint density at radius 1 is 1.32 bits per heavy atom.